The van der Waals surface area contributed by atoms with E-state index < -0.39 is 17.7 Å². The van der Waals surface area contributed by atoms with Gasteiger partial charge in [0.05, 0.1) is 5.69 Å². The lowest BCUT2D eigenvalue weighted by atomic mass is 10.0. The highest BCUT2D eigenvalue weighted by Crippen LogP contribution is 2.31. The van der Waals surface area contributed by atoms with Crippen molar-refractivity contribution < 1.29 is 24.0 Å². The highest BCUT2D eigenvalue weighted by Gasteiger charge is 2.35. The topological polar surface area (TPSA) is 92.9 Å². The van der Waals surface area contributed by atoms with Crippen molar-refractivity contribution in [3.8, 4) is 0 Å². The van der Waals surface area contributed by atoms with E-state index in [-0.39, 0.29) is 11.5 Å². The largest absolute Gasteiger partial charge is 0.477 e. The van der Waals surface area contributed by atoms with E-state index in [1.807, 2.05) is 0 Å². The van der Waals surface area contributed by atoms with Gasteiger partial charge in [0.15, 0.2) is 5.76 Å². The number of amides is 1. The van der Waals surface area contributed by atoms with Crippen LogP contribution in [-0.4, -0.2) is 45.9 Å². The maximum Gasteiger partial charge on any atom is 0.410 e. The number of aromatic carboxylic acids is 1. The molecule has 7 nitrogen and oxygen atoms in total. The lowest BCUT2D eigenvalue weighted by Crippen LogP contribution is -2.35. The molecule has 1 N–H and O–H groups in total. The van der Waals surface area contributed by atoms with Gasteiger partial charge in [0, 0.05) is 19.0 Å². The fraction of sp³-hybridized carbons (Fsp3) is 0.643. The van der Waals surface area contributed by atoms with Gasteiger partial charge in [-0.25, -0.2) is 9.59 Å². The average molecular weight is 296 g/mol. The van der Waals surface area contributed by atoms with Crippen LogP contribution < -0.4 is 0 Å². The molecule has 1 aromatic rings. The molecule has 1 unspecified atom stereocenters. The minimum absolute atomic E-state index is 0.103. The van der Waals surface area contributed by atoms with E-state index in [2.05, 4.69) is 5.16 Å². The summed E-state index contributed by atoms with van der Waals surface area (Å²) in [5.41, 5.74) is -0.0937. The Hall–Kier alpha value is -2.05. The van der Waals surface area contributed by atoms with Gasteiger partial charge in [-0.05, 0) is 34.1 Å². The fourth-order valence-electron chi connectivity index (χ4n) is 2.39. The fourth-order valence-corrected chi connectivity index (χ4v) is 2.39. The Morgan fingerprint density at radius 1 is 1.43 bits per heavy atom. The van der Waals surface area contributed by atoms with Gasteiger partial charge in [-0.15, -0.1) is 0 Å². The first kappa shape index (κ1) is 15.3. The summed E-state index contributed by atoms with van der Waals surface area (Å²) in [5.74, 6) is -0.879. The smallest absolute Gasteiger partial charge is 0.410 e. The Bertz CT molecular complexity index is 558. The van der Waals surface area contributed by atoms with E-state index in [9.17, 15) is 14.7 Å². The molecule has 7 heteroatoms. The predicted molar refractivity (Wildman–Crippen MR) is 73.4 cm³/mol. The summed E-state index contributed by atoms with van der Waals surface area (Å²) in [4.78, 5) is 24.8. The molecule has 1 saturated heterocycles. The first-order valence-electron chi connectivity index (χ1n) is 6.86. The lowest BCUT2D eigenvalue weighted by molar-refractivity contribution is 0.0291. The minimum Gasteiger partial charge on any atom is -0.477 e. The number of nitrogens with zero attached hydrogens (tertiary/aromatic N) is 2. The Morgan fingerprint density at radius 3 is 2.67 bits per heavy atom. The minimum atomic E-state index is -1.06. The van der Waals surface area contributed by atoms with Crippen molar-refractivity contribution in [1.82, 2.24) is 10.1 Å². The highest BCUT2D eigenvalue weighted by atomic mass is 16.6. The first-order valence-corrected chi connectivity index (χ1v) is 6.86. The second-order valence-electron chi connectivity index (χ2n) is 6.22. The SMILES string of the molecule is Cc1noc(C2CCN(C(=O)OC(C)(C)C)C2)c1C(=O)O. The number of hydrogen-bond acceptors (Lipinski definition) is 5. The molecule has 0 spiro atoms. The molecular weight excluding hydrogens is 276 g/mol. The van der Waals surface area contributed by atoms with Gasteiger partial charge in [-0.1, -0.05) is 5.16 Å². The van der Waals surface area contributed by atoms with Gasteiger partial charge in [0.25, 0.3) is 0 Å². The molecule has 0 bridgehead atoms. The van der Waals surface area contributed by atoms with Crippen LogP contribution in [0, 0.1) is 6.92 Å². The van der Waals surface area contributed by atoms with E-state index in [1.165, 1.54) is 0 Å². The summed E-state index contributed by atoms with van der Waals surface area (Å²) in [7, 11) is 0. The zero-order chi connectivity index (χ0) is 15.8. The quantitative estimate of drug-likeness (QED) is 0.900. The maximum atomic E-state index is 12.0. The Kier molecular flexibility index (Phi) is 3.93. The van der Waals surface area contributed by atoms with Crippen LogP contribution in [0.4, 0.5) is 4.79 Å². The first-order chi connectivity index (χ1) is 9.69. The van der Waals surface area contributed by atoms with Crippen LogP contribution in [0.5, 0.6) is 0 Å². The molecule has 1 aromatic heterocycles. The van der Waals surface area contributed by atoms with Gasteiger partial charge in [0.1, 0.15) is 11.2 Å². The second-order valence-corrected chi connectivity index (χ2v) is 6.22. The molecule has 0 aromatic carbocycles. The van der Waals surface area contributed by atoms with Crippen LogP contribution in [0.2, 0.25) is 0 Å². The van der Waals surface area contributed by atoms with Gasteiger partial charge in [0.2, 0.25) is 0 Å². The van der Waals surface area contributed by atoms with E-state index in [0.29, 0.717) is 31.0 Å². The number of carboxylic acids is 1. The second kappa shape index (κ2) is 5.38. The van der Waals surface area contributed by atoms with Crippen molar-refractivity contribution >= 4 is 12.1 Å². The number of rotatable bonds is 2. The van der Waals surface area contributed by atoms with E-state index >= 15 is 0 Å². The summed E-state index contributed by atoms with van der Waals surface area (Å²) in [5, 5.41) is 12.9. The van der Waals surface area contributed by atoms with E-state index in [0.717, 1.165) is 0 Å². The van der Waals surface area contributed by atoms with Crippen LogP contribution >= 0.6 is 0 Å². The highest BCUT2D eigenvalue weighted by molar-refractivity contribution is 5.90. The normalized spacial score (nSPS) is 18.9. The molecule has 1 aliphatic rings. The molecule has 116 valence electrons. The summed E-state index contributed by atoms with van der Waals surface area (Å²) in [6.07, 6.45) is 0.242. The van der Waals surface area contributed by atoms with Crippen LogP contribution in [0.3, 0.4) is 0 Å². The number of carbonyl (C=O) groups is 2. The molecule has 0 aliphatic carbocycles. The molecule has 21 heavy (non-hydrogen) atoms. The van der Waals surface area contributed by atoms with Gasteiger partial charge in [-0.3, -0.25) is 0 Å². The molecule has 0 radical (unpaired) electrons. The molecule has 1 atom stereocenters. The zero-order valence-electron chi connectivity index (χ0n) is 12.7. The Balaban J connectivity index is 2.10. The van der Waals surface area contributed by atoms with E-state index in [4.69, 9.17) is 9.26 Å². The molecular formula is C14H20N2O5. The number of aromatic nitrogens is 1. The third kappa shape index (κ3) is 3.34. The van der Waals surface area contributed by atoms with Gasteiger partial charge < -0.3 is 19.3 Å². The number of ether oxygens (including phenoxy) is 1. The molecule has 0 saturated carbocycles. The standard InChI is InChI=1S/C14H20N2O5/c1-8-10(12(17)18)11(21-15-8)9-5-6-16(7-9)13(19)20-14(2,3)4/h9H,5-7H2,1-4H3,(H,17,18). The van der Waals surface area contributed by atoms with Crippen LogP contribution in [0.25, 0.3) is 0 Å². The number of hydrogen-bond donors (Lipinski definition) is 1. The number of likely N-dealkylation sites (tertiary alicyclic amines) is 1. The zero-order valence-corrected chi connectivity index (χ0v) is 12.7. The van der Waals surface area contributed by atoms with Crippen molar-refractivity contribution in [2.45, 2.75) is 45.6 Å². The lowest BCUT2D eigenvalue weighted by Gasteiger charge is -2.24. The number of aryl methyl sites for hydroxylation is 1. The molecule has 2 heterocycles. The van der Waals surface area contributed by atoms with E-state index in [1.54, 1.807) is 32.6 Å². The molecule has 2 rings (SSSR count). The third-order valence-electron chi connectivity index (χ3n) is 3.31. The van der Waals surface area contributed by atoms with Crippen LogP contribution in [0.1, 0.15) is 54.9 Å². The summed E-state index contributed by atoms with van der Waals surface area (Å²) < 4.78 is 10.5. The molecule has 1 fully saturated rings. The van der Waals surface area contributed by atoms with Gasteiger partial charge >= 0.3 is 12.1 Å². The molecule has 1 aliphatic heterocycles. The van der Waals surface area contributed by atoms with Crippen molar-refractivity contribution in [3.05, 3.63) is 17.0 Å². The maximum absolute atomic E-state index is 12.0. The van der Waals surface area contributed by atoms with Crippen molar-refractivity contribution in [3.63, 3.8) is 0 Å². The average Bonchev–Trinajstić information content (AvgIpc) is 2.92. The van der Waals surface area contributed by atoms with Crippen LogP contribution in [-0.2, 0) is 4.74 Å². The Morgan fingerprint density at radius 2 is 2.10 bits per heavy atom. The van der Waals surface area contributed by atoms with Crippen LogP contribution in [0.15, 0.2) is 4.52 Å². The third-order valence-corrected chi connectivity index (χ3v) is 3.31. The van der Waals surface area contributed by atoms with Crippen molar-refractivity contribution in [2.75, 3.05) is 13.1 Å². The number of carbonyl (C=O) groups excluding carboxylic acids is 1. The summed E-state index contributed by atoms with van der Waals surface area (Å²) in [6, 6.07) is 0. The molecule has 1 amide bonds. The summed E-state index contributed by atoms with van der Waals surface area (Å²) >= 11 is 0. The van der Waals surface area contributed by atoms with Crippen molar-refractivity contribution in [1.29, 1.82) is 0 Å². The van der Waals surface area contributed by atoms with Gasteiger partial charge in [-0.2, -0.15) is 0 Å². The van der Waals surface area contributed by atoms with Crippen molar-refractivity contribution in [2.24, 2.45) is 0 Å². The number of carboxylic acid groups (broad SMARTS) is 1. The summed E-state index contributed by atoms with van der Waals surface area (Å²) in [6.45, 7) is 7.90. The Labute approximate surface area is 122 Å². The predicted octanol–water partition coefficient (Wildman–Crippen LogP) is 2.41. The monoisotopic (exact) mass is 296 g/mol.